The third kappa shape index (κ3) is 2.72. The van der Waals surface area contributed by atoms with Crippen molar-refractivity contribution in [1.82, 2.24) is 0 Å². The lowest BCUT2D eigenvalue weighted by Crippen LogP contribution is -2.07. The van der Waals surface area contributed by atoms with E-state index >= 15 is 0 Å². The third-order valence-corrected chi connectivity index (χ3v) is 2.88. The summed E-state index contributed by atoms with van der Waals surface area (Å²) >= 11 is 0. The van der Waals surface area contributed by atoms with Gasteiger partial charge in [-0.2, -0.15) is 0 Å². The van der Waals surface area contributed by atoms with E-state index < -0.39 is 17.6 Å². The number of esters is 1. The maximum atomic E-state index is 13.6. The van der Waals surface area contributed by atoms with Gasteiger partial charge < -0.3 is 4.74 Å². The highest BCUT2D eigenvalue weighted by molar-refractivity contribution is 6.12. The maximum absolute atomic E-state index is 13.6. The van der Waals surface area contributed by atoms with Crippen molar-refractivity contribution >= 4 is 17.9 Å². The molecule has 5 heteroatoms. The largest absolute Gasteiger partial charge is 0.402 e. The molecule has 21 heavy (non-hydrogen) atoms. The first kappa shape index (κ1) is 13.2. The van der Waals surface area contributed by atoms with Gasteiger partial charge in [-0.1, -0.05) is 24.3 Å². The Kier molecular flexibility index (Phi) is 3.31. The molecule has 0 bridgehead atoms. The number of benzene rings is 2. The normalized spacial score (nSPS) is 16.0. The Hall–Kier alpha value is -2.82. The molecule has 1 aliphatic heterocycles. The number of aliphatic imine (C=N–C) groups is 1. The van der Waals surface area contributed by atoms with E-state index in [1.54, 1.807) is 12.1 Å². The molecule has 2 aromatic carbocycles. The van der Waals surface area contributed by atoms with E-state index in [9.17, 15) is 13.6 Å². The van der Waals surface area contributed by atoms with E-state index in [0.717, 1.165) is 0 Å². The highest BCUT2D eigenvalue weighted by Gasteiger charge is 2.25. The average molecular weight is 285 g/mol. The van der Waals surface area contributed by atoms with Gasteiger partial charge in [-0.3, -0.25) is 0 Å². The Balaban J connectivity index is 1.98. The first-order valence-corrected chi connectivity index (χ1v) is 6.16. The second kappa shape index (κ2) is 5.28. The first-order chi connectivity index (χ1) is 10.1. The molecule has 0 aliphatic carbocycles. The van der Waals surface area contributed by atoms with Crippen molar-refractivity contribution in [2.24, 2.45) is 4.99 Å². The zero-order valence-corrected chi connectivity index (χ0v) is 10.7. The Labute approximate surface area is 119 Å². The molecule has 0 atom stereocenters. The molecule has 0 spiro atoms. The van der Waals surface area contributed by atoms with Crippen LogP contribution in [0.5, 0.6) is 0 Å². The molecule has 3 nitrogen and oxygen atoms in total. The summed E-state index contributed by atoms with van der Waals surface area (Å²) in [5.41, 5.74) is 0.577. The number of ether oxygens (including phenoxy) is 1. The zero-order chi connectivity index (χ0) is 14.8. The lowest BCUT2D eigenvalue weighted by atomic mass is 10.2. The fraction of sp³-hybridized carbons (Fsp3) is 0. The molecule has 2 aromatic rings. The molecule has 0 aromatic heterocycles. The zero-order valence-electron chi connectivity index (χ0n) is 10.7. The second-order valence-corrected chi connectivity index (χ2v) is 4.37. The summed E-state index contributed by atoms with van der Waals surface area (Å²) in [6, 6.07) is 11.6. The predicted octanol–water partition coefficient (Wildman–Crippen LogP) is 3.31. The first-order valence-electron chi connectivity index (χ1n) is 6.16. The number of cyclic esters (lactones) is 1. The van der Waals surface area contributed by atoms with Crippen molar-refractivity contribution < 1.29 is 18.3 Å². The van der Waals surface area contributed by atoms with Crippen LogP contribution in [-0.2, 0) is 9.53 Å². The Morgan fingerprint density at radius 3 is 2.62 bits per heavy atom. The van der Waals surface area contributed by atoms with Gasteiger partial charge in [-0.25, -0.2) is 18.6 Å². The van der Waals surface area contributed by atoms with Gasteiger partial charge in [-0.05, 0) is 35.9 Å². The molecule has 1 aliphatic rings. The molecule has 104 valence electrons. The van der Waals surface area contributed by atoms with Gasteiger partial charge in [-0.15, -0.1) is 0 Å². The van der Waals surface area contributed by atoms with Gasteiger partial charge in [0.2, 0.25) is 5.90 Å². The maximum Gasteiger partial charge on any atom is 0.363 e. The van der Waals surface area contributed by atoms with E-state index in [1.807, 2.05) is 0 Å². The summed E-state index contributed by atoms with van der Waals surface area (Å²) in [5, 5.41) is 0. The lowest BCUT2D eigenvalue weighted by molar-refractivity contribution is -0.129. The van der Waals surface area contributed by atoms with Crippen LogP contribution < -0.4 is 0 Å². The molecular weight excluding hydrogens is 276 g/mol. The quantitative estimate of drug-likeness (QED) is 0.627. The summed E-state index contributed by atoms with van der Waals surface area (Å²) in [6.07, 6.45) is 1.39. The highest BCUT2D eigenvalue weighted by atomic mass is 19.1. The fourth-order valence-corrected chi connectivity index (χ4v) is 1.91. The van der Waals surface area contributed by atoms with Crippen LogP contribution in [0.2, 0.25) is 0 Å². The van der Waals surface area contributed by atoms with E-state index in [4.69, 9.17) is 4.74 Å². The smallest absolute Gasteiger partial charge is 0.363 e. The predicted molar refractivity (Wildman–Crippen MR) is 73.4 cm³/mol. The van der Waals surface area contributed by atoms with Crippen molar-refractivity contribution in [2.75, 3.05) is 0 Å². The minimum absolute atomic E-state index is 0.00106. The molecular formula is C16H9F2NO2. The molecule has 3 rings (SSSR count). The summed E-state index contributed by atoms with van der Waals surface area (Å²) in [5.74, 6) is -1.75. The highest BCUT2D eigenvalue weighted by Crippen LogP contribution is 2.20. The number of carbonyl (C=O) groups is 1. The van der Waals surface area contributed by atoms with E-state index in [1.165, 1.54) is 42.5 Å². The van der Waals surface area contributed by atoms with E-state index in [0.29, 0.717) is 5.56 Å². The average Bonchev–Trinajstić information content (AvgIpc) is 2.80. The van der Waals surface area contributed by atoms with Gasteiger partial charge in [0, 0.05) is 0 Å². The van der Waals surface area contributed by atoms with Crippen LogP contribution >= 0.6 is 0 Å². The summed E-state index contributed by atoms with van der Waals surface area (Å²) < 4.78 is 31.7. The Morgan fingerprint density at radius 1 is 1.05 bits per heavy atom. The van der Waals surface area contributed by atoms with Gasteiger partial charge in [0.1, 0.15) is 11.6 Å². The summed E-state index contributed by atoms with van der Waals surface area (Å²) in [7, 11) is 0. The van der Waals surface area contributed by atoms with Crippen LogP contribution in [0.15, 0.2) is 59.2 Å². The summed E-state index contributed by atoms with van der Waals surface area (Å²) in [4.78, 5) is 15.7. The van der Waals surface area contributed by atoms with Crippen LogP contribution in [0.3, 0.4) is 0 Å². The van der Waals surface area contributed by atoms with Crippen LogP contribution in [-0.4, -0.2) is 11.9 Å². The van der Waals surface area contributed by atoms with Crippen LogP contribution in [0, 0.1) is 11.6 Å². The third-order valence-electron chi connectivity index (χ3n) is 2.88. The fourth-order valence-electron chi connectivity index (χ4n) is 1.91. The Bertz CT molecular complexity index is 781. The Morgan fingerprint density at radius 2 is 1.86 bits per heavy atom. The SMILES string of the molecule is O=C1OC(c2ccccc2F)=NC1=Cc1cccc(F)c1. The van der Waals surface area contributed by atoms with Crippen molar-refractivity contribution in [3.05, 3.63) is 77.0 Å². The van der Waals surface area contributed by atoms with Crippen molar-refractivity contribution in [2.45, 2.75) is 0 Å². The minimum Gasteiger partial charge on any atom is -0.402 e. The number of carbonyl (C=O) groups excluding carboxylic acids is 1. The van der Waals surface area contributed by atoms with Crippen molar-refractivity contribution in [3.8, 4) is 0 Å². The van der Waals surface area contributed by atoms with Crippen LogP contribution in [0.1, 0.15) is 11.1 Å². The van der Waals surface area contributed by atoms with Crippen molar-refractivity contribution in [3.63, 3.8) is 0 Å². The van der Waals surface area contributed by atoms with Crippen molar-refractivity contribution in [1.29, 1.82) is 0 Å². The second-order valence-electron chi connectivity index (χ2n) is 4.37. The molecule has 0 unspecified atom stereocenters. The van der Waals surface area contributed by atoms with Crippen LogP contribution in [0.4, 0.5) is 8.78 Å². The molecule has 0 amide bonds. The molecule has 0 fully saturated rings. The van der Waals surface area contributed by atoms with E-state index in [-0.39, 0.29) is 17.2 Å². The van der Waals surface area contributed by atoms with Gasteiger partial charge in [0.15, 0.2) is 5.70 Å². The molecule has 1 heterocycles. The van der Waals surface area contributed by atoms with Gasteiger partial charge in [0.25, 0.3) is 0 Å². The molecule has 0 saturated carbocycles. The van der Waals surface area contributed by atoms with Gasteiger partial charge in [0.05, 0.1) is 5.56 Å². The number of halogens is 2. The standard InChI is InChI=1S/C16H9F2NO2/c17-11-5-3-4-10(8-11)9-14-16(20)21-15(19-14)12-6-1-2-7-13(12)18/h1-9H. The number of rotatable bonds is 2. The lowest BCUT2D eigenvalue weighted by Gasteiger charge is -1.99. The van der Waals surface area contributed by atoms with Crippen LogP contribution in [0.25, 0.3) is 6.08 Å². The number of hydrogen-bond acceptors (Lipinski definition) is 3. The summed E-state index contributed by atoms with van der Waals surface area (Å²) in [6.45, 7) is 0. The topological polar surface area (TPSA) is 38.7 Å². The monoisotopic (exact) mass is 285 g/mol. The van der Waals surface area contributed by atoms with E-state index in [2.05, 4.69) is 4.99 Å². The molecule has 0 N–H and O–H groups in total. The minimum atomic E-state index is -0.697. The molecule has 0 radical (unpaired) electrons. The molecule has 0 saturated heterocycles. The number of nitrogens with zero attached hydrogens (tertiary/aromatic N) is 1. The van der Waals surface area contributed by atoms with Gasteiger partial charge >= 0.3 is 5.97 Å². The number of hydrogen-bond donors (Lipinski definition) is 0.